The van der Waals surface area contributed by atoms with E-state index in [0.717, 1.165) is 25.9 Å². The second-order valence-corrected chi connectivity index (χ2v) is 7.63. The van der Waals surface area contributed by atoms with E-state index in [1.165, 1.54) is 18.2 Å². The number of hydrogen-bond acceptors (Lipinski definition) is 5. The zero-order valence-electron chi connectivity index (χ0n) is 13.0. The van der Waals surface area contributed by atoms with Crippen LogP contribution in [-0.2, 0) is 14.8 Å². The van der Waals surface area contributed by atoms with E-state index in [9.17, 15) is 8.42 Å². The van der Waals surface area contributed by atoms with Gasteiger partial charge in [0, 0.05) is 26.2 Å². The van der Waals surface area contributed by atoms with Crippen molar-refractivity contribution in [1.29, 1.82) is 5.26 Å². The van der Waals surface area contributed by atoms with Gasteiger partial charge in [-0.2, -0.15) is 5.26 Å². The highest BCUT2D eigenvalue weighted by Gasteiger charge is 2.25. The average molecular weight is 358 g/mol. The number of nitrogens with one attached hydrogen (secondary N) is 1. The van der Waals surface area contributed by atoms with Crippen molar-refractivity contribution in [3.63, 3.8) is 0 Å². The van der Waals surface area contributed by atoms with Crippen LogP contribution >= 0.6 is 11.6 Å². The Hall–Kier alpha value is -1.17. The molecule has 126 valence electrons. The van der Waals surface area contributed by atoms with Gasteiger partial charge in [0.1, 0.15) is 6.07 Å². The van der Waals surface area contributed by atoms with Gasteiger partial charge in [0.25, 0.3) is 0 Å². The molecule has 8 heteroatoms. The van der Waals surface area contributed by atoms with Crippen molar-refractivity contribution in [2.45, 2.75) is 23.8 Å². The first-order valence-electron chi connectivity index (χ1n) is 7.39. The molecule has 0 amide bonds. The second-order valence-electron chi connectivity index (χ2n) is 5.51. The first-order chi connectivity index (χ1) is 11.0. The summed E-state index contributed by atoms with van der Waals surface area (Å²) in [5, 5.41) is 9.00. The predicted octanol–water partition coefficient (Wildman–Crippen LogP) is 1.60. The van der Waals surface area contributed by atoms with Crippen LogP contribution in [0.25, 0.3) is 0 Å². The van der Waals surface area contributed by atoms with Gasteiger partial charge in [-0.25, -0.2) is 13.1 Å². The largest absolute Gasteiger partial charge is 0.383 e. The first-order valence-corrected chi connectivity index (χ1v) is 9.25. The molecule has 1 saturated heterocycles. The lowest BCUT2D eigenvalue weighted by atomic mass is 10.1. The Balaban J connectivity index is 2.06. The van der Waals surface area contributed by atoms with E-state index < -0.39 is 10.0 Å². The summed E-state index contributed by atoms with van der Waals surface area (Å²) in [6.45, 7) is 3.03. The molecule has 0 aromatic heterocycles. The smallest absolute Gasteiger partial charge is 0.240 e. The molecule has 1 aliphatic rings. The van der Waals surface area contributed by atoms with E-state index in [1.807, 2.05) is 6.07 Å². The second kappa shape index (κ2) is 8.08. The van der Waals surface area contributed by atoms with Gasteiger partial charge in [0.15, 0.2) is 0 Å². The lowest BCUT2D eigenvalue weighted by Gasteiger charge is -2.32. The highest BCUT2D eigenvalue weighted by atomic mass is 35.5. The van der Waals surface area contributed by atoms with E-state index in [0.29, 0.717) is 13.2 Å². The van der Waals surface area contributed by atoms with Crippen molar-refractivity contribution in [2.24, 2.45) is 0 Å². The molecule has 1 N–H and O–H groups in total. The molecule has 6 nitrogen and oxygen atoms in total. The molecule has 1 heterocycles. The van der Waals surface area contributed by atoms with Crippen LogP contribution in [0.3, 0.4) is 0 Å². The fourth-order valence-electron chi connectivity index (χ4n) is 2.62. The quantitative estimate of drug-likeness (QED) is 0.836. The molecule has 1 aliphatic heterocycles. The van der Waals surface area contributed by atoms with Crippen molar-refractivity contribution in [1.82, 2.24) is 9.62 Å². The summed E-state index contributed by atoms with van der Waals surface area (Å²) < 4.78 is 32.7. The van der Waals surface area contributed by atoms with E-state index in [-0.39, 0.29) is 21.5 Å². The predicted molar refractivity (Wildman–Crippen MR) is 87.8 cm³/mol. The maximum Gasteiger partial charge on any atom is 0.240 e. The molecular weight excluding hydrogens is 338 g/mol. The SMILES string of the molecule is COCCN1CCC[C@H](NS(=O)(=O)c2ccc(C#N)c(Cl)c2)C1. The molecule has 2 rings (SSSR count). The number of rotatable bonds is 6. The van der Waals surface area contributed by atoms with Gasteiger partial charge in [-0.3, -0.25) is 4.90 Å². The summed E-state index contributed by atoms with van der Waals surface area (Å²) in [5.74, 6) is 0. The summed E-state index contributed by atoms with van der Waals surface area (Å²) in [7, 11) is -2.00. The van der Waals surface area contributed by atoms with Crippen LogP contribution in [0.4, 0.5) is 0 Å². The average Bonchev–Trinajstić information content (AvgIpc) is 2.52. The van der Waals surface area contributed by atoms with Crippen LogP contribution in [0.15, 0.2) is 23.1 Å². The van der Waals surface area contributed by atoms with Crippen molar-refractivity contribution < 1.29 is 13.2 Å². The number of likely N-dealkylation sites (tertiary alicyclic amines) is 1. The van der Waals surface area contributed by atoms with Crippen molar-refractivity contribution in [3.8, 4) is 6.07 Å². The molecule has 0 aliphatic carbocycles. The topological polar surface area (TPSA) is 82.4 Å². The summed E-state index contributed by atoms with van der Waals surface area (Å²) in [6, 6.07) is 5.91. The van der Waals surface area contributed by atoms with Crippen molar-refractivity contribution in [2.75, 3.05) is 33.4 Å². The highest BCUT2D eigenvalue weighted by Crippen LogP contribution is 2.21. The fourth-order valence-corrected chi connectivity index (χ4v) is 4.19. The standard InChI is InChI=1S/C15H20ClN3O3S/c1-22-8-7-19-6-2-3-13(11-19)18-23(20,21)14-5-4-12(10-17)15(16)9-14/h4-5,9,13,18H,2-3,6-8,11H2,1H3/t13-/m0/s1. The van der Waals surface area contributed by atoms with Gasteiger partial charge in [-0.05, 0) is 37.6 Å². The monoisotopic (exact) mass is 357 g/mol. The molecule has 1 atom stereocenters. The van der Waals surface area contributed by atoms with E-state index in [1.54, 1.807) is 7.11 Å². The summed E-state index contributed by atoms with van der Waals surface area (Å²) in [6.07, 6.45) is 1.73. The van der Waals surface area contributed by atoms with Gasteiger partial charge in [-0.1, -0.05) is 11.6 Å². The highest BCUT2D eigenvalue weighted by molar-refractivity contribution is 7.89. The van der Waals surface area contributed by atoms with E-state index >= 15 is 0 Å². The Kier molecular flexibility index (Phi) is 6.39. The van der Waals surface area contributed by atoms with Crippen molar-refractivity contribution >= 4 is 21.6 Å². The molecule has 0 bridgehead atoms. The third-order valence-corrected chi connectivity index (χ3v) is 5.64. The molecule has 0 spiro atoms. The van der Waals surface area contributed by atoms with Gasteiger partial charge in [-0.15, -0.1) is 0 Å². The molecule has 0 unspecified atom stereocenters. The Morgan fingerprint density at radius 1 is 1.52 bits per heavy atom. The number of nitrogens with zero attached hydrogens (tertiary/aromatic N) is 2. The minimum Gasteiger partial charge on any atom is -0.383 e. The number of sulfonamides is 1. The Labute approximate surface area is 142 Å². The van der Waals surface area contributed by atoms with Gasteiger partial charge >= 0.3 is 0 Å². The molecule has 1 aromatic rings. The summed E-state index contributed by atoms with van der Waals surface area (Å²) in [5.41, 5.74) is 0.258. The number of nitriles is 1. The number of halogens is 1. The minimum atomic E-state index is -3.65. The Bertz CT molecular complexity index is 688. The summed E-state index contributed by atoms with van der Waals surface area (Å²) in [4.78, 5) is 2.27. The minimum absolute atomic E-state index is 0.0792. The molecule has 0 radical (unpaired) electrons. The third kappa shape index (κ3) is 4.90. The molecule has 23 heavy (non-hydrogen) atoms. The number of hydrogen-bond donors (Lipinski definition) is 1. The van der Waals surface area contributed by atoms with E-state index in [4.69, 9.17) is 21.6 Å². The van der Waals surface area contributed by atoms with Crippen LogP contribution in [0.1, 0.15) is 18.4 Å². The zero-order chi connectivity index (χ0) is 16.9. The lowest BCUT2D eigenvalue weighted by Crippen LogP contribution is -2.48. The number of ether oxygens (including phenoxy) is 1. The zero-order valence-corrected chi connectivity index (χ0v) is 14.5. The van der Waals surface area contributed by atoms with E-state index in [2.05, 4.69) is 9.62 Å². The Morgan fingerprint density at radius 2 is 2.30 bits per heavy atom. The number of piperidine rings is 1. The van der Waals surface area contributed by atoms with Crippen molar-refractivity contribution in [3.05, 3.63) is 28.8 Å². The van der Waals surface area contributed by atoms with Crippen LogP contribution in [-0.4, -0.2) is 52.7 Å². The van der Waals surface area contributed by atoms with Gasteiger partial charge in [0.2, 0.25) is 10.0 Å². The van der Waals surface area contributed by atoms with Crippen LogP contribution < -0.4 is 4.72 Å². The number of benzene rings is 1. The van der Waals surface area contributed by atoms with Crippen LogP contribution in [0.2, 0.25) is 5.02 Å². The third-order valence-electron chi connectivity index (χ3n) is 3.81. The van der Waals surface area contributed by atoms with Gasteiger partial charge in [0.05, 0.1) is 22.1 Å². The van der Waals surface area contributed by atoms with Crippen LogP contribution in [0, 0.1) is 11.3 Å². The summed E-state index contributed by atoms with van der Waals surface area (Å²) >= 11 is 5.92. The molecule has 0 saturated carbocycles. The Morgan fingerprint density at radius 3 is 2.96 bits per heavy atom. The van der Waals surface area contributed by atoms with Crippen LogP contribution in [0.5, 0.6) is 0 Å². The maximum atomic E-state index is 12.5. The maximum absolute atomic E-state index is 12.5. The first kappa shape index (κ1) is 18.2. The molecule has 1 fully saturated rings. The fraction of sp³-hybridized carbons (Fsp3) is 0.533. The number of methoxy groups -OCH3 is 1. The normalized spacial score (nSPS) is 19.4. The molecular formula is C15H20ClN3O3S. The lowest BCUT2D eigenvalue weighted by molar-refractivity contribution is 0.126. The molecule has 1 aromatic carbocycles. The van der Waals surface area contributed by atoms with Gasteiger partial charge < -0.3 is 4.74 Å².